The molecule has 0 unspecified atom stereocenters. The molecule has 1 fully saturated rings. The fraction of sp³-hybridized carbons (Fsp3) is 0.400. The predicted octanol–water partition coefficient (Wildman–Crippen LogP) is 2.20. The molecule has 0 N–H and O–H groups in total. The molecule has 0 spiro atoms. The highest BCUT2D eigenvalue weighted by atomic mass is 32.1. The van der Waals surface area contributed by atoms with Crippen LogP contribution in [0, 0.1) is 6.92 Å². The first kappa shape index (κ1) is 14.0. The van der Waals surface area contributed by atoms with E-state index in [2.05, 4.69) is 14.9 Å². The molecule has 1 saturated heterocycles. The van der Waals surface area contributed by atoms with Crippen LogP contribution < -0.4 is 4.90 Å². The highest BCUT2D eigenvalue weighted by Gasteiger charge is 2.21. The second kappa shape index (κ2) is 6.22. The van der Waals surface area contributed by atoms with E-state index in [9.17, 15) is 4.79 Å². The highest BCUT2D eigenvalue weighted by Crippen LogP contribution is 2.16. The molecule has 1 amide bonds. The highest BCUT2D eigenvalue weighted by molar-refractivity contribution is 7.08. The van der Waals surface area contributed by atoms with E-state index in [1.54, 1.807) is 17.7 Å². The zero-order valence-electron chi connectivity index (χ0n) is 12.0. The van der Waals surface area contributed by atoms with Crippen LogP contribution in [-0.4, -0.2) is 47.0 Å². The van der Waals surface area contributed by atoms with Gasteiger partial charge in [0.05, 0.1) is 5.56 Å². The van der Waals surface area contributed by atoms with Gasteiger partial charge in [0.2, 0.25) is 0 Å². The van der Waals surface area contributed by atoms with Gasteiger partial charge in [0.25, 0.3) is 5.91 Å². The first-order chi connectivity index (χ1) is 10.2. The first-order valence-corrected chi connectivity index (χ1v) is 8.03. The third kappa shape index (κ3) is 3.21. The van der Waals surface area contributed by atoms with E-state index in [4.69, 9.17) is 0 Å². The maximum absolute atomic E-state index is 12.4. The van der Waals surface area contributed by atoms with E-state index in [1.165, 1.54) is 0 Å². The van der Waals surface area contributed by atoms with Crippen LogP contribution in [0.4, 0.5) is 5.82 Å². The molecule has 0 atom stereocenters. The van der Waals surface area contributed by atoms with Gasteiger partial charge in [-0.25, -0.2) is 9.97 Å². The topological polar surface area (TPSA) is 49.3 Å². The predicted molar refractivity (Wildman–Crippen MR) is 83.8 cm³/mol. The number of rotatable bonds is 2. The molecule has 1 aliphatic rings. The molecule has 3 rings (SSSR count). The van der Waals surface area contributed by atoms with Crippen LogP contribution in [-0.2, 0) is 0 Å². The zero-order chi connectivity index (χ0) is 14.7. The minimum atomic E-state index is 0.136. The molecular formula is C15H18N4OS. The summed E-state index contributed by atoms with van der Waals surface area (Å²) in [5, 5.41) is 3.86. The summed E-state index contributed by atoms with van der Waals surface area (Å²) in [6.45, 7) is 5.23. The molecule has 0 aromatic carbocycles. The van der Waals surface area contributed by atoms with Crippen LogP contribution in [0.2, 0.25) is 0 Å². The Labute approximate surface area is 128 Å². The molecule has 2 aromatic rings. The maximum Gasteiger partial charge on any atom is 0.254 e. The summed E-state index contributed by atoms with van der Waals surface area (Å²) in [4.78, 5) is 25.0. The summed E-state index contributed by atoms with van der Waals surface area (Å²) in [5.41, 5.74) is 1.77. The number of carbonyl (C=O) groups is 1. The maximum atomic E-state index is 12.4. The Bertz CT molecular complexity index is 614. The molecular weight excluding hydrogens is 284 g/mol. The van der Waals surface area contributed by atoms with Crippen molar-refractivity contribution < 1.29 is 4.79 Å². The zero-order valence-corrected chi connectivity index (χ0v) is 12.8. The number of carbonyl (C=O) groups excluding carboxylic acids is 1. The summed E-state index contributed by atoms with van der Waals surface area (Å²) < 4.78 is 0. The largest absolute Gasteiger partial charge is 0.355 e. The number of hydrogen-bond acceptors (Lipinski definition) is 5. The summed E-state index contributed by atoms with van der Waals surface area (Å²) in [6.07, 6.45) is 2.56. The van der Waals surface area contributed by atoms with Crippen LogP contribution in [0.15, 0.2) is 29.2 Å². The first-order valence-electron chi connectivity index (χ1n) is 7.09. The van der Waals surface area contributed by atoms with Crippen molar-refractivity contribution in [3.05, 3.63) is 40.5 Å². The average molecular weight is 302 g/mol. The van der Waals surface area contributed by atoms with Gasteiger partial charge in [-0.15, -0.1) is 0 Å². The Morgan fingerprint density at radius 2 is 2.14 bits per heavy atom. The molecule has 2 aromatic heterocycles. The minimum absolute atomic E-state index is 0.136. The van der Waals surface area contributed by atoms with Gasteiger partial charge in [-0.1, -0.05) is 0 Å². The number of aryl methyl sites for hydroxylation is 1. The van der Waals surface area contributed by atoms with Gasteiger partial charge >= 0.3 is 0 Å². The van der Waals surface area contributed by atoms with Gasteiger partial charge < -0.3 is 9.80 Å². The van der Waals surface area contributed by atoms with Crippen molar-refractivity contribution in [3.8, 4) is 0 Å². The van der Waals surface area contributed by atoms with Crippen LogP contribution >= 0.6 is 11.3 Å². The standard InChI is InChI=1S/C15H18N4OS/c1-12-9-14(17-11-16-12)18-4-2-5-19(7-6-18)15(20)13-3-8-21-10-13/h3,8-11H,2,4-7H2,1H3. The lowest BCUT2D eigenvalue weighted by atomic mass is 10.3. The minimum Gasteiger partial charge on any atom is -0.355 e. The third-order valence-corrected chi connectivity index (χ3v) is 4.35. The van der Waals surface area contributed by atoms with Gasteiger partial charge in [0.1, 0.15) is 12.1 Å². The van der Waals surface area contributed by atoms with Crippen molar-refractivity contribution >= 4 is 23.1 Å². The molecule has 0 aliphatic carbocycles. The number of hydrogen-bond donors (Lipinski definition) is 0. The van der Waals surface area contributed by atoms with Gasteiger partial charge in [-0.2, -0.15) is 11.3 Å². The molecule has 0 radical (unpaired) electrons. The van der Waals surface area contributed by atoms with Crippen LogP contribution in [0.25, 0.3) is 0 Å². The molecule has 1 aliphatic heterocycles. The smallest absolute Gasteiger partial charge is 0.254 e. The number of thiophene rings is 1. The van der Waals surface area contributed by atoms with Crippen molar-refractivity contribution in [1.29, 1.82) is 0 Å². The van der Waals surface area contributed by atoms with Crippen LogP contribution in [0.5, 0.6) is 0 Å². The lowest BCUT2D eigenvalue weighted by Crippen LogP contribution is -2.35. The van der Waals surface area contributed by atoms with E-state index < -0.39 is 0 Å². The normalized spacial score (nSPS) is 15.9. The van der Waals surface area contributed by atoms with Gasteiger partial charge in [-0.3, -0.25) is 4.79 Å². The summed E-state index contributed by atoms with van der Waals surface area (Å²) in [6, 6.07) is 3.89. The Morgan fingerprint density at radius 3 is 2.90 bits per heavy atom. The lowest BCUT2D eigenvalue weighted by molar-refractivity contribution is 0.0767. The van der Waals surface area contributed by atoms with E-state index >= 15 is 0 Å². The number of nitrogens with zero attached hydrogens (tertiary/aromatic N) is 4. The number of amides is 1. The van der Waals surface area contributed by atoms with E-state index in [0.717, 1.165) is 49.7 Å². The van der Waals surface area contributed by atoms with Crippen molar-refractivity contribution in [2.24, 2.45) is 0 Å². The second-order valence-electron chi connectivity index (χ2n) is 5.16. The molecule has 21 heavy (non-hydrogen) atoms. The quantitative estimate of drug-likeness (QED) is 0.853. The van der Waals surface area contributed by atoms with Crippen LogP contribution in [0.1, 0.15) is 22.5 Å². The summed E-state index contributed by atoms with van der Waals surface area (Å²) >= 11 is 1.56. The third-order valence-electron chi connectivity index (χ3n) is 3.66. The Hall–Kier alpha value is -1.95. The molecule has 0 bridgehead atoms. The average Bonchev–Trinajstić information content (AvgIpc) is 2.91. The number of aromatic nitrogens is 2. The fourth-order valence-corrected chi connectivity index (χ4v) is 3.16. The van der Waals surface area contributed by atoms with Gasteiger partial charge in [0, 0.05) is 43.3 Å². The van der Waals surface area contributed by atoms with Crippen molar-refractivity contribution in [2.45, 2.75) is 13.3 Å². The van der Waals surface area contributed by atoms with Gasteiger partial charge in [0.15, 0.2) is 0 Å². The molecule has 3 heterocycles. The SMILES string of the molecule is Cc1cc(N2CCCN(C(=O)c3ccsc3)CC2)ncn1. The molecule has 110 valence electrons. The monoisotopic (exact) mass is 302 g/mol. The van der Waals surface area contributed by atoms with Crippen molar-refractivity contribution in [2.75, 3.05) is 31.1 Å². The van der Waals surface area contributed by atoms with E-state index in [1.807, 2.05) is 34.7 Å². The van der Waals surface area contributed by atoms with Gasteiger partial charge in [-0.05, 0) is 24.8 Å². The van der Waals surface area contributed by atoms with E-state index in [0.29, 0.717) is 0 Å². The Balaban J connectivity index is 1.68. The lowest BCUT2D eigenvalue weighted by Gasteiger charge is -2.22. The van der Waals surface area contributed by atoms with Crippen molar-refractivity contribution in [1.82, 2.24) is 14.9 Å². The second-order valence-corrected chi connectivity index (χ2v) is 5.94. The molecule has 0 saturated carbocycles. The van der Waals surface area contributed by atoms with Crippen molar-refractivity contribution in [3.63, 3.8) is 0 Å². The fourth-order valence-electron chi connectivity index (χ4n) is 2.53. The summed E-state index contributed by atoms with van der Waals surface area (Å²) in [5.74, 6) is 1.09. The Morgan fingerprint density at radius 1 is 1.24 bits per heavy atom. The molecule has 6 heteroatoms. The van der Waals surface area contributed by atoms with E-state index in [-0.39, 0.29) is 5.91 Å². The Kier molecular flexibility index (Phi) is 4.15. The number of anilines is 1. The van der Waals surface area contributed by atoms with Crippen LogP contribution in [0.3, 0.4) is 0 Å². The summed E-state index contributed by atoms with van der Waals surface area (Å²) in [7, 11) is 0. The molecule has 5 nitrogen and oxygen atoms in total.